The van der Waals surface area contributed by atoms with Gasteiger partial charge in [0, 0.05) is 6.04 Å². The van der Waals surface area contributed by atoms with Gasteiger partial charge in [0.2, 0.25) is 0 Å². The van der Waals surface area contributed by atoms with Crippen LogP contribution in [0, 0.1) is 11.8 Å². The topological polar surface area (TPSA) is 15.3 Å². The van der Waals surface area contributed by atoms with Crippen molar-refractivity contribution in [1.29, 1.82) is 0 Å². The van der Waals surface area contributed by atoms with Crippen molar-refractivity contribution in [3.05, 3.63) is 0 Å². The van der Waals surface area contributed by atoms with E-state index in [1.807, 2.05) is 7.05 Å². The first-order chi connectivity index (χ1) is 7.65. The fourth-order valence-corrected chi connectivity index (χ4v) is 2.79. The molecule has 1 N–H and O–H groups in total. The number of hydrogen-bond donors (Lipinski definition) is 1. The van der Waals surface area contributed by atoms with Crippen LogP contribution < -0.4 is 5.32 Å². The zero-order valence-electron chi connectivity index (χ0n) is 11.6. The first kappa shape index (κ1) is 14.0. The van der Waals surface area contributed by atoms with Gasteiger partial charge < -0.3 is 10.2 Å². The molecule has 2 heteroatoms. The third-order valence-corrected chi connectivity index (χ3v) is 4.19. The molecule has 0 saturated carbocycles. The minimum atomic E-state index is 0.748. The summed E-state index contributed by atoms with van der Waals surface area (Å²) < 4.78 is 0. The molecule has 1 fully saturated rings. The highest BCUT2D eigenvalue weighted by Gasteiger charge is 2.21. The molecule has 0 bridgehead atoms. The van der Waals surface area contributed by atoms with E-state index in [-0.39, 0.29) is 0 Å². The average Bonchev–Trinajstić information content (AvgIpc) is 2.51. The molecule has 1 heterocycles. The van der Waals surface area contributed by atoms with Gasteiger partial charge in [0.1, 0.15) is 0 Å². The molecule has 1 saturated heterocycles. The molecular formula is C14H30N2. The Bertz CT molecular complexity index is 180. The van der Waals surface area contributed by atoms with Crippen LogP contribution in [0.5, 0.6) is 0 Å². The van der Waals surface area contributed by atoms with Crippen LogP contribution >= 0.6 is 0 Å². The summed E-state index contributed by atoms with van der Waals surface area (Å²) in [5, 5.41) is 3.25. The molecule has 16 heavy (non-hydrogen) atoms. The molecule has 1 aliphatic heterocycles. The summed E-state index contributed by atoms with van der Waals surface area (Å²) in [5.41, 5.74) is 0. The smallest absolute Gasteiger partial charge is 0.00790 e. The summed E-state index contributed by atoms with van der Waals surface area (Å²) in [4.78, 5) is 2.69. The van der Waals surface area contributed by atoms with Gasteiger partial charge in [-0.1, -0.05) is 13.8 Å². The summed E-state index contributed by atoms with van der Waals surface area (Å²) in [5.74, 6) is 1.83. The summed E-state index contributed by atoms with van der Waals surface area (Å²) in [6, 6.07) is 0.748. The van der Waals surface area contributed by atoms with E-state index in [4.69, 9.17) is 0 Å². The molecule has 0 amide bonds. The van der Waals surface area contributed by atoms with Crippen LogP contribution in [0.1, 0.15) is 46.5 Å². The average molecular weight is 226 g/mol. The second kappa shape index (κ2) is 7.29. The number of hydrogen-bond acceptors (Lipinski definition) is 2. The molecule has 2 nitrogen and oxygen atoms in total. The zero-order chi connectivity index (χ0) is 12.0. The fourth-order valence-electron chi connectivity index (χ4n) is 2.79. The maximum absolute atomic E-state index is 3.25. The highest BCUT2D eigenvalue weighted by Crippen LogP contribution is 2.25. The molecule has 0 aliphatic carbocycles. The van der Waals surface area contributed by atoms with E-state index in [2.05, 4.69) is 31.0 Å². The molecule has 0 spiro atoms. The van der Waals surface area contributed by atoms with E-state index < -0.39 is 0 Å². The van der Waals surface area contributed by atoms with Crippen LogP contribution in [0.4, 0.5) is 0 Å². The third-order valence-electron chi connectivity index (χ3n) is 4.19. The summed E-state index contributed by atoms with van der Waals surface area (Å²) >= 11 is 0. The Labute approximate surface area is 102 Å². The lowest BCUT2D eigenvalue weighted by molar-refractivity contribution is 0.202. The minimum absolute atomic E-state index is 0.748. The van der Waals surface area contributed by atoms with Crippen LogP contribution in [-0.4, -0.2) is 37.6 Å². The van der Waals surface area contributed by atoms with E-state index in [0.29, 0.717) is 0 Å². The quantitative estimate of drug-likeness (QED) is 0.775. The molecule has 2 atom stereocenters. The van der Waals surface area contributed by atoms with Gasteiger partial charge in [-0.2, -0.15) is 0 Å². The van der Waals surface area contributed by atoms with Crippen molar-refractivity contribution < 1.29 is 0 Å². The lowest BCUT2D eigenvalue weighted by Crippen LogP contribution is -2.35. The van der Waals surface area contributed by atoms with Crippen molar-refractivity contribution in [3.63, 3.8) is 0 Å². The Balaban J connectivity index is 2.34. The van der Waals surface area contributed by atoms with E-state index in [1.165, 1.54) is 38.8 Å². The zero-order valence-corrected chi connectivity index (χ0v) is 11.6. The Morgan fingerprint density at radius 2 is 1.94 bits per heavy atom. The van der Waals surface area contributed by atoms with Crippen LogP contribution in [0.2, 0.25) is 0 Å². The number of nitrogens with zero attached hydrogens (tertiary/aromatic N) is 1. The van der Waals surface area contributed by atoms with Crippen molar-refractivity contribution in [1.82, 2.24) is 10.2 Å². The van der Waals surface area contributed by atoms with Crippen molar-refractivity contribution in [3.8, 4) is 0 Å². The molecular weight excluding hydrogens is 196 g/mol. The van der Waals surface area contributed by atoms with Gasteiger partial charge in [0.15, 0.2) is 0 Å². The first-order valence-electron chi connectivity index (χ1n) is 7.03. The van der Waals surface area contributed by atoms with E-state index in [9.17, 15) is 0 Å². The van der Waals surface area contributed by atoms with Crippen LogP contribution in [0.15, 0.2) is 0 Å². The van der Waals surface area contributed by atoms with Crippen molar-refractivity contribution in [2.75, 3.05) is 26.7 Å². The minimum Gasteiger partial charge on any atom is -0.320 e. The van der Waals surface area contributed by atoms with E-state index in [1.54, 1.807) is 0 Å². The fraction of sp³-hybridized carbons (Fsp3) is 1.00. The lowest BCUT2D eigenvalue weighted by atomic mass is 9.89. The number of rotatable bonds is 5. The lowest BCUT2D eigenvalue weighted by Gasteiger charge is -2.28. The summed E-state index contributed by atoms with van der Waals surface area (Å²) in [6.45, 7) is 10.9. The van der Waals surface area contributed by atoms with Crippen LogP contribution in [0.25, 0.3) is 0 Å². The van der Waals surface area contributed by atoms with Gasteiger partial charge in [-0.15, -0.1) is 0 Å². The van der Waals surface area contributed by atoms with Gasteiger partial charge in [0.25, 0.3) is 0 Å². The van der Waals surface area contributed by atoms with Crippen LogP contribution in [-0.2, 0) is 0 Å². The molecule has 0 aromatic carbocycles. The third kappa shape index (κ3) is 4.42. The van der Waals surface area contributed by atoms with E-state index >= 15 is 0 Å². The monoisotopic (exact) mass is 226 g/mol. The van der Waals surface area contributed by atoms with Crippen LogP contribution in [0.3, 0.4) is 0 Å². The highest BCUT2D eigenvalue weighted by atomic mass is 15.1. The molecule has 0 aromatic heterocycles. The predicted octanol–water partition coefficient (Wildman–Crippen LogP) is 2.74. The van der Waals surface area contributed by atoms with Gasteiger partial charge >= 0.3 is 0 Å². The van der Waals surface area contributed by atoms with Crippen molar-refractivity contribution in [2.24, 2.45) is 11.8 Å². The van der Waals surface area contributed by atoms with Gasteiger partial charge in [-0.05, 0) is 71.1 Å². The molecule has 0 aromatic rings. The molecule has 2 unspecified atom stereocenters. The highest BCUT2D eigenvalue weighted by molar-refractivity contribution is 4.76. The van der Waals surface area contributed by atoms with E-state index in [0.717, 1.165) is 24.4 Å². The maximum Gasteiger partial charge on any atom is 0.00790 e. The van der Waals surface area contributed by atoms with Gasteiger partial charge in [-0.25, -0.2) is 0 Å². The summed E-state index contributed by atoms with van der Waals surface area (Å²) in [6.07, 6.45) is 5.52. The SMILES string of the molecule is CNCCC(C)N1CCCC(C(C)C)CC1. The molecule has 96 valence electrons. The molecule has 1 rings (SSSR count). The number of nitrogens with one attached hydrogen (secondary N) is 1. The standard InChI is InChI=1S/C14H30N2/c1-12(2)14-6-5-10-16(11-8-14)13(3)7-9-15-4/h12-15H,5-11H2,1-4H3. The Hall–Kier alpha value is -0.0800. The Morgan fingerprint density at radius 1 is 1.19 bits per heavy atom. The van der Waals surface area contributed by atoms with Gasteiger partial charge in [0.05, 0.1) is 0 Å². The largest absolute Gasteiger partial charge is 0.320 e. The molecule has 1 aliphatic rings. The second-order valence-corrected chi connectivity index (χ2v) is 5.71. The predicted molar refractivity (Wildman–Crippen MR) is 71.8 cm³/mol. The Morgan fingerprint density at radius 3 is 2.56 bits per heavy atom. The van der Waals surface area contributed by atoms with Crippen molar-refractivity contribution in [2.45, 2.75) is 52.5 Å². The van der Waals surface area contributed by atoms with Gasteiger partial charge in [-0.3, -0.25) is 0 Å². The maximum atomic E-state index is 3.25. The number of likely N-dealkylation sites (tertiary alicyclic amines) is 1. The normalized spacial score (nSPS) is 25.7. The second-order valence-electron chi connectivity index (χ2n) is 5.71. The first-order valence-corrected chi connectivity index (χ1v) is 7.03. The molecule has 0 radical (unpaired) electrons. The van der Waals surface area contributed by atoms with Crippen molar-refractivity contribution >= 4 is 0 Å². The summed E-state index contributed by atoms with van der Waals surface area (Å²) in [7, 11) is 2.05. The Kier molecular flexibility index (Phi) is 6.37.